The lowest BCUT2D eigenvalue weighted by atomic mass is 10.2. The minimum atomic E-state index is -0.264. The van der Waals surface area contributed by atoms with Crippen LogP contribution in [0.3, 0.4) is 0 Å². The fraction of sp³-hybridized carbons (Fsp3) is 0.500. The summed E-state index contributed by atoms with van der Waals surface area (Å²) in [6, 6.07) is 4.86. The second-order valence-corrected chi connectivity index (χ2v) is 4.44. The van der Waals surface area contributed by atoms with Gasteiger partial charge in [0.15, 0.2) is 0 Å². The molecule has 0 unspecified atom stereocenters. The van der Waals surface area contributed by atoms with E-state index in [1.165, 1.54) is 6.07 Å². The zero-order valence-electron chi connectivity index (χ0n) is 8.99. The Kier molecular flexibility index (Phi) is 4.21. The van der Waals surface area contributed by atoms with Gasteiger partial charge in [0.05, 0.1) is 19.3 Å². The van der Waals surface area contributed by atoms with Crippen LogP contribution in [0.5, 0.6) is 0 Å². The molecule has 0 N–H and O–H groups in total. The van der Waals surface area contributed by atoms with Crippen LogP contribution in [0.4, 0.5) is 4.39 Å². The van der Waals surface area contributed by atoms with E-state index >= 15 is 0 Å². The normalized spacial score (nSPS) is 20.2. The highest BCUT2D eigenvalue weighted by Crippen LogP contribution is 2.16. The van der Waals surface area contributed by atoms with Crippen LogP contribution >= 0.6 is 12.6 Å². The van der Waals surface area contributed by atoms with Gasteiger partial charge < -0.3 is 9.47 Å². The van der Waals surface area contributed by atoms with Crippen LogP contribution in [-0.2, 0) is 16.1 Å². The van der Waals surface area contributed by atoms with Crippen molar-refractivity contribution in [1.82, 2.24) is 0 Å². The van der Waals surface area contributed by atoms with Crippen molar-refractivity contribution in [2.24, 2.45) is 0 Å². The molecule has 1 atom stereocenters. The summed E-state index contributed by atoms with van der Waals surface area (Å²) in [4.78, 5) is 0.625. The van der Waals surface area contributed by atoms with Gasteiger partial charge in [-0.3, -0.25) is 0 Å². The highest BCUT2D eigenvalue weighted by atomic mass is 32.1. The molecular weight excluding hydrogens is 227 g/mol. The number of thiol groups is 1. The van der Waals surface area contributed by atoms with Gasteiger partial charge in [-0.2, -0.15) is 0 Å². The highest BCUT2D eigenvalue weighted by Gasteiger charge is 2.15. The number of rotatable bonds is 4. The van der Waals surface area contributed by atoms with Crippen LogP contribution in [-0.4, -0.2) is 19.3 Å². The molecule has 0 aliphatic carbocycles. The van der Waals surface area contributed by atoms with E-state index in [9.17, 15) is 4.39 Å². The lowest BCUT2D eigenvalue weighted by Crippen LogP contribution is -2.14. The second-order valence-electron chi connectivity index (χ2n) is 3.93. The summed E-state index contributed by atoms with van der Waals surface area (Å²) in [5.74, 6) is -0.264. The molecule has 2 rings (SSSR count). The molecule has 0 spiro atoms. The minimum absolute atomic E-state index is 0.187. The Morgan fingerprint density at radius 2 is 2.38 bits per heavy atom. The van der Waals surface area contributed by atoms with Crippen LogP contribution in [0.15, 0.2) is 23.1 Å². The highest BCUT2D eigenvalue weighted by molar-refractivity contribution is 7.80. The molecule has 1 aliphatic rings. The number of halogens is 1. The Morgan fingerprint density at radius 3 is 3.06 bits per heavy atom. The summed E-state index contributed by atoms with van der Waals surface area (Å²) >= 11 is 4.06. The van der Waals surface area contributed by atoms with Gasteiger partial charge in [0.25, 0.3) is 0 Å². The molecule has 1 heterocycles. The van der Waals surface area contributed by atoms with Gasteiger partial charge in [-0.05, 0) is 25.0 Å². The summed E-state index contributed by atoms with van der Waals surface area (Å²) < 4.78 is 24.2. The fourth-order valence-electron chi connectivity index (χ4n) is 1.73. The molecule has 0 saturated carbocycles. The average Bonchev–Trinajstić information content (AvgIpc) is 2.74. The first-order valence-corrected chi connectivity index (χ1v) is 5.87. The van der Waals surface area contributed by atoms with Crippen molar-refractivity contribution < 1.29 is 13.9 Å². The lowest BCUT2D eigenvalue weighted by molar-refractivity contribution is 0.00981. The maximum atomic E-state index is 13.4. The van der Waals surface area contributed by atoms with Gasteiger partial charge in [-0.25, -0.2) is 4.39 Å². The van der Waals surface area contributed by atoms with Crippen LogP contribution in [0.25, 0.3) is 0 Å². The third kappa shape index (κ3) is 3.20. The van der Waals surface area contributed by atoms with Gasteiger partial charge in [0.2, 0.25) is 0 Å². The predicted molar refractivity (Wildman–Crippen MR) is 62.3 cm³/mol. The van der Waals surface area contributed by atoms with Crippen molar-refractivity contribution in [3.8, 4) is 0 Å². The molecule has 2 nitrogen and oxygen atoms in total. The molecule has 0 bridgehead atoms. The Balaban J connectivity index is 1.80. The molecular formula is C12H15FO2S. The Labute approximate surface area is 100 Å². The van der Waals surface area contributed by atoms with Crippen LogP contribution in [0.1, 0.15) is 18.4 Å². The van der Waals surface area contributed by atoms with E-state index in [-0.39, 0.29) is 11.9 Å². The maximum absolute atomic E-state index is 13.4. The summed E-state index contributed by atoms with van der Waals surface area (Å²) in [6.07, 6.45) is 2.32. The Morgan fingerprint density at radius 1 is 1.50 bits per heavy atom. The zero-order valence-corrected chi connectivity index (χ0v) is 9.88. The third-order valence-electron chi connectivity index (χ3n) is 2.62. The lowest BCUT2D eigenvalue weighted by Gasteiger charge is -2.10. The summed E-state index contributed by atoms with van der Waals surface area (Å²) in [5.41, 5.74) is 0.566. The van der Waals surface area contributed by atoms with Gasteiger partial charge in [-0.15, -0.1) is 12.6 Å². The van der Waals surface area contributed by atoms with E-state index < -0.39 is 0 Å². The van der Waals surface area contributed by atoms with Gasteiger partial charge in [0.1, 0.15) is 5.82 Å². The monoisotopic (exact) mass is 242 g/mol. The van der Waals surface area contributed by atoms with E-state index in [0.29, 0.717) is 23.7 Å². The molecule has 0 aromatic heterocycles. The predicted octanol–water partition coefficient (Wildman–Crippen LogP) is 2.81. The largest absolute Gasteiger partial charge is 0.376 e. The topological polar surface area (TPSA) is 18.5 Å². The molecule has 1 aromatic rings. The van der Waals surface area contributed by atoms with Crippen LogP contribution in [0, 0.1) is 5.82 Å². The fourth-order valence-corrected chi connectivity index (χ4v) is 1.92. The molecule has 1 aliphatic heterocycles. The van der Waals surface area contributed by atoms with Crippen molar-refractivity contribution in [3.05, 3.63) is 29.6 Å². The van der Waals surface area contributed by atoms with Gasteiger partial charge in [-0.1, -0.05) is 6.07 Å². The summed E-state index contributed by atoms with van der Waals surface area (Å²) in [7, 11) is 0. The van der Waals surface area contributed by atoms with Crippen molar-refractivity contribution >= 4 is 12.6 Å². The van der Waals surface area contributed by atoms with E-state index in [4.69, 9.17) is 9.47 Å². The van der Waals surface area contributed by atoms with Crippen molar-refractivity contribution in [3.63, 3.8) is 0 Å². The molecule has 0 amide bonds. The van der Waals surface area contributed by atoms with E-state index in [0.717, 1.165) is 19.4 Å². The quantitative estimate of drug-likeness (QED) is 0.818. The SMILES string of the molecule is Fc1cc(S)ccc1COC[C@@H]1CCCO1. The van der Waals surface area contributed by atoms with E-state index in [1.54, 1.807) is 12.1 Å². The smallest absolute Gasteiger partial charge is 0.129 e. The number of benzene rings is 1. The standard InChI is InChI=1S/C12H15FO2S/c13-12-6-11(16)4-3-9(12)7-14-8-10-2-1-5-15-10/h3-4,6,10,16H,1-2,5,7-8H2/t10-/m0/s1. The number of hydrogen-bond donors (Lipinski definition) is 1. The third-order valence-corrected chi connectivity index (χ3v) is 2.90. The molecule has 16 heavy (non-hydrogen) atoms. The first-order valence-electron chi connectivity index (χ1n) is 5.42. The zero-order chi connectivity index (χ0) is 11.4. The molecule has 0 radical (unpaired) electrons. The summed E-state index contributed by atoms with van der Waals surface area (Å²) in [6.45, 7) is 1.65. The molecule has 1 fully saturated rings. The molecule has 4 heteroatoms. The Hall–Kier alpha value is -0.580. The van der Waals surface area contributed by atoms with Crippen LogP contribution < -0.4 is 0 Å². The van der Waals surface area contributed by atoms with E-state index in [2.05, 4.69) is 12.6 Å². The maximum Gasteiger partial charge on any atom is 0.129 e. The van der Waals surface area contributed by atoms with Crippen molar-refractivity contribution in [1.29, 1.82) is 0 Å². The molecule has 1 aromatic carbocycles. The first-order chi connectivity index (χ1) is 7.75. The minimum Gasteiger partial charge on any atom is -0.376 e. The van der Waals surface area contributed by atoms with Crippen LogP contribution in [0.2, 0.25) is 0 Å². The van der Waals surface area contributed by atoms with Crippen molar-refractivity contribution in [2.75, 3.05) is 13.2 Å². The number of hydrogen-bond acceptors (Lipinski definition) is 3. The molecule has 1 saturated heterocycles. The average molecular weight is 242 g/mol. The van der Waals surface area contributed by atoms with E-state index in [1.807, 2.05) is 0 Å². The van der Waals surface area contributed by atoms with Crippen molar-refractivity contribution in [2.45, 2.75) is 30.4 Å². The number of ether oxygens (including phenoxy) is 2. The molecule has 88 valence electrons. The summed E-state index contributed by atoms with van der Waals surface area (Å²) in [5, 5.41) is 0. The van der Waals surface area contributed by atoms with Gasteiger partial charge in [0, 0.05) is 17.1 Å². The second kappa shape index (κ2) is 5.66. The first kappa shape index (κ1) is 11.9. The van der Waals surface area contributed by atoms with Gasteiger partial charge >= 0.3 is 0 Å². The Bertz CT molecular complexity index is 351.